The molecule has 0 atom stereocenters. The van der Waals surface area contributed by atoms with Crippen molar-refractivity contribution >= 4 is 21.6 Å². The van der Waals surface area contributed by atoms with Crippen molar-refractivity contribution in [1.82, 2.24) is 4.98 Å². The number of aryl methyl sites for hydroxylation is 1. The molecule has 0 bridgehead atoms. The molecule has 110 valence electrons. The molecule has 2 rings (SSSR count). The van der Waals surface area contributed by atoms with Gasteiger partial charge in [-0.15, -0.1) is 0 Å². The minimum atomic E-state index is -3.99. The second-order valence-corrected chi connectivity index (χ2v) is 5.84. The number of amides is 1. The van der Waals surface area contributed by atoms with Gasteiger partial charge in [0, 0.05) is 11.9 Å². The normalized spacial score (nSPS) is 11.2. The number of halogens is 1. The SMILES string of the molecule is Cc1ncccc1C(=O)Nc1ccc(S(N)(=O)=O)cc1F. The predicted molar refractivity (Wildman–Crippen MR) is 74.7 cm³/mol. The Labute approximate surface area is 120 Å². The Kier molecular flexibility index (Phi) is 4.01. The number of hydrogen-bond donors (Lipinski definition) is 2. The third-order valence-electron chi connectivity index (χ3n) is 2.77. The predicted octanol–water partition coefficient (Wildman–Crippen LogP) is 1.43. The number of benzene rings is 1. The highest BCUT2D eigenvalue weighted by Gasteiger charge is 2.15. The van der Waals surface area contributed by atoms with Crippen LogP contribution in [-0.2, 0) is 10.0 Å². The number of nitrogens with one attached hydrogen (secondary N) is 1. The van der Waals surface area contributed by atoms with Crippen LogP contribution in [0.1, 0.15) is 16.1 Å². The van der Waals surface area contributed by atoms with E-state index in [4.69, 9.17) is 5.14 Å². The summed E-state index contributed by atoms with van der Waals surface area (Å²) >= 11 is 0. The Morgan fingerprint density at radius 3 is 2.62 bits per heavy atom. The van der Waals surface area contributed by atoms with Gasteiger partial charge in [-0.25, -0.2) is 17.9 Å². The maximum absolute atomic E-state index is 13.8. The quantitative estimate of drug-likeness (QED) is 0.895. The number of nitrogens with zero attached hydrogens (tertiary/aromatic N) is 1. The van der Waals surface area contributed by atoms with E-state index in [1.54, 1.807) is 19.1 Å². The summed E-state index contributed by atoms with van der Waals surface area (Å²) < 4.78 is 36.0. The van der Waals surface area contributed by atoms with E-state index in [-0.39, 0.29) is 10.6 Å². The number of carbonyl (C=O) groups excluding carboxylic acids is 1. The molecule has 6 nitrogen and oxygen atoms in total. The molecule has 0 fully saturated rings. The number of sulfonamides is 1. The average molecular weight is 309 g/mol. The molecule has 1 aromatic carbocycles. The number of anilines is 1. The van der Waals surface area contributed by atoms with Crippen LogP contribution in [0.25, 0.3) is 0 Å². The van der Waals surface area contributed by atoms with E-state index in [0.29, 0.717) is 11.3 Å². The van der Waals surface area contributed by atoms with Gasteiger partial charge in [0.25, 0.3) is 5.91 Å². The summed E-state index contributed by atoms with van der Waals surface area (Å²) in [7, 11) is -3.99. The number of hydrogen-bond acceptors (Lipinski definition) is 4. The fourth-order valence-electron chi connectivity index (χ4n) is 1.69. The highest BCUT2D eigenvalue weighted by atomic mass is 32.2. The first-order valence-corrected chi connectivity index (χ1v) is 7.39. The topological polar surface area (TPSA) is 102 Å². The van der Waals surface area contributed by atoms with Gasteiger partial charge in [-0.2, -0.15) is 0 Å². The lowest BCUT2D eigenvalue weighted by atomic mass is 10.2. The Morgan fingerprint density at radius 2 is 2.05 bits per heavy atom. The third kappa shape index (κ3) is 3.41. The van der Waals surface area contributed by atoms with Gasteiger partial charge in [0.05, 0.1) is 16.1 Å². The van der Waals surface area contributed by atoms with Gasteiger partial charge in [0.2, 0.25) is 10.0 Å². The standard InChI is InChI=1S/C13H12FN3O3S/c1-8-10(3-2-6-16-8)13(18)17-12-5-4-9(7-11(12)14)21(15,19)20/h2-7H,1H3,(H,17,18)(H2,15,19,20). The summed E-state index contributed by atoms with van der Waals surface area (Å²) in [4.78, 5) is 15.6. The number of carbonyl (C=O) groups is 1. The van der Waals surface area contributed by atoms with Crippen molar-refractivity contribution in [3.05, 3.63) is 53.6 Å². The van der Waals surface area contributed by atoms with Crippen LogP contribution >= 0.6 is 0 Å². The molecule has 0 saturated heterocycles. The molecule has 21 heavy (non-hydrogen) atoms. The van der Waals surface area contributed by atoms with Crippen molar-refractivity contribution in [3.63, 3.8) is 0 Å². The molecule has 0 saturated carbocycles. The van der Waals surface area contributed by atoms with Crippen LogP contribution in [0.3, 0.4) is 0 Å². The number of rotatable bonds is 3. The first-order valence-electron chi connectivity index (χ1n) is 5.84. The number of primary sulfonamides is 1. The van der Waals surface area contributed by atoms with E-state index in [0.717, 1.165) is 18.2 Å². The smallest absolute Gasteiger partial charge is 0.257 e. The molecule has 0 radical (unpaired) electrons. The Bertz CT molecular complexity index is 806. The molecular weight excluding hydrogens is 297 g/mol. The molecule has 0 aliphatic carbocycles. The van der Waals surface area contributed by atoms with Crippen LogP contribution in [0.2, 0.25) is 0 Å². The van der Waals surface area contributed by atoms with Crippen molar-refractivity contribution in [2.45, 2.75) is 11.8 Å². The van der Waals surface area contributed by atoms with Crippen LogP contribution in [0.15, 0.2) is 41.4 Å². The van der Waals surface area contributed by atoms with Crippen LogP contribution < -0.4 is 10.5 Å². The van der Waals surface area contributed by atoms with Gasteiger partial charge in [0.15, 0.2) is 0 Å². The van der Waals surface area contributed by atoms with Gasteiger partial charge in [-0.05, 0) is 37.3 Å². The van der Waals surface area contributed by atoms with Crippen molar-refractivity contribution in [3.8, 4) is 0 Å². The van der Waals surface area contributed by atoms with E-state index >= 15 is 0 Å². The molecule has 1 aromatic heterocycles. The Balaban J connectivity index is 2.29. The molecule has 1 heterocycles. The first-order chi connectivity index (χ1) is 9.79. The molecule has 0 spiro atoms. The maximum atomic E-state index is 13.8. The molecule has 0 unspecified atom stereocenters. The molecule has 2 aromatic rings. The van der Waals surface area contributed by atoms with Crippen molar-refractivity contribution in [2.24, 2.45) is 5.14 Å². The van der Waals surface area contributed by atoms with E-state index in [2.05, 4.69) is 10.3 Å². The van der Waals surface area contributed by atoms with E-state index < -0.39 is 21.7 Å². The van der Waals surface area contributed by atoms with Crippen molar-refractivity contribution < 1.29 is 17.6 Å². The second-order valence-electron chi connectivity index (χ2n) is 4.28. The lowest BCUT2D eigenvalue weighted by molar-refractivity contribution is 0.102. The van der Waals surface area contributed by atoms with Gasteiger partial charge < -0.3 is 5.32 Å². The van der Waals surface area contributed by atoms with Crippen molar-refractivity contribution in [1.29, 1.82) is 0 Å². The summed E-state index contributed by atoms with van der Waals surface area (Å²) in [5, 5.41) is 7.25. The van der Waals surface area contributed by atoms with Gasteiger partial charge in [-0.1, -0.05) is 0 Å². The summed E-state index contributed by atoms with van der Waals surface area (Å²) in [6, 6.07) is 6.14. The largest absolute Gasteiger partial charge is 0.319 e. The van der Waals surface area contributed by atoms with Crippen LogP contribution in [-0.4, -0.2) is 19.3 Å². The zero-order chi connectivity index (χ0) is 15.6. The highest BCUT2D eigenvalue weighted by molar-refractivity contribution is 7.89. The third-order valence-corrected chi connectivity index (χ3v) is 3.68. The number of aromatic nitrogens is 1. The Hall–Kier alpha value is -2.32. The average Bonchev–Trinajstić information content (AvgIpc) is 2.40. The molecule has 3 N–H and O–H groups in total. The van der Waals surface area contributed by atoms with Crippen LogP contribution in [0.4, 0.5) is 10.1 Å². The summed E-state index contributed by atoms with van der Waals surface area (Å²) in [5.41, 5.74) is 0.652. The lowest BCUT2D eigenvalue weighted by Crippen LogP contribution is -2.16. The minimum Gasteiger partial charge on any atom is -0.319 e. The zero-order valence-corrected chi connectivity index (χ0v) is 11.8. The molecule has 8 heteroatoms. The first kappa shape index (κ1) is 15.1. The maximum Gasteiger partial charge on any atom is 0.257 e. The molecule has 0 aliphatic heterocycles. The molecular formula is C13H12FN3O3S. The Morgan fingerprint density at radius 1 is 1.33 bits per heavy atom. The van der Waals surface area contributed by atoms with Crippen molar-refractivity contribution in [2.75, 3.05) is 5.32 Å². The highest BCUT2D eigenvalue weighted by Crippen LogP contribution is 2.19. The van der Waals surface area contributed by atoms with Crippen LogP contribution in [0.5, 0.6) is 0 Å². The summed E-state index contributed by atoms with van der Waals surface area (Å²) in [6.45, 7) is 1.65. The van der Waals surface area contributed by atoms with E-state index in [9.17, 15) is 17.6 Å². The van der Waals surface area contributed by atoms with Gasteiger partial charge in [0.1, 0.15) is 5.82 Å². The van der Waals surface area contributed by atoms with Gasteiger partial charge in [-0.3, -0.25) is 9.78 Å². The summed E-state index contributed by atoms with van der Waals surface area (Å²) in [6.07, 6.45) is 1.54. The fourth-order valence-corrected chi connectivity index (χ4v) is 2.21. The fraction of sp³-hybridized carbons (Fsp3) is 0.0769. The molecule has 0 aliphatic rings. The van der Waals surface area contributed by atoms with E-state index in [1.165, 1.54) is 6.20 Å². The second kappa shape index (κ2) is 5.58. The van der Waals surface area contributed by atoms with Crippen LogP contribution in [0, 0.1) is 12.7 Å². The van der Waals surface area contributed by atoms with E-state index in [1.807, 2.05) is 0 Å². The van der Waals surface area contributed by atoms with Gasteiger partial charge >= 0.3 is 0 Å². The minimum absolute atomic E-state index is 0.143. The lowest BCUT2D eigenvalue weighted by Gasteiger charge is -2.08. The zero-order valence-electron chi connectivity index (χ0n) is 11.0. The number of pyridine rings is 1. The number of nitrogens with two attached hydrogens (primary N) is 1. The molecule has 1 amide bonds. The monoisotopic (exact) mass is 309 g/mol. The summed E-state index contributed by atoms with van der Waals surface area (Å²) in [5.74, 6) is -1.43.